The molecule has 0 bridgehead atoms. The fraction of sp³-hybridized carbons (Fsp3) is 0.154. The molecule has 1 aromatic carbocycles. The topological polar surface area (TPSA) is 81.4 Å². The highest BCUT2D eigenvalue weighted by Crippen LogP contribution is 2.18. The van der Waals surface area contributed by atoms with Gasteiger partial charge < -0.3 is 14.6 Å². The molecule has 8 heteroatoms. The van der Waals surface area contributed by atoms with Crippen molar-refractivity contribution in [1.29, 1.82) is 0 Å². The molecular formula is C13H10ClFN2O4. The summed E-state index contributed by atoms with van der Waals surface area (Å²) < 4.78 is 22.5. The van der Waals surface area contributed by atoms with Gasteiger partial charge in [-0.25, -0.2) is 9.18 Å². The van der Waals surface area contributed by atoms with Crippen LogP contribution in [0, 0.1) is 12.7 Å². The van der Waals surface area contributed by atoms with Crippen LogP contribution >= 0.6 is 11.6 Å². The molecule has 0 fully saturated rings. The van der Waals surface area contributed by atoms with Crippen molar-refractivity contribution in [2.45, 2.75) is 6.92 Å². The molecule has 0 aliphatic rings. The minimum Gasteiger partial charge on any atom is -0.452 e. The van der Waals surface area contributed by atoms with Crippen molar-refractivity contribution in [3.05, 3.63) is 46.4 Å². The number of benzene rings is 1. The Labute approximate surface area is 123 Å². The Morgan fingerprint density at radius 3 is 2.86 bits per heavy atom. The summed E-state index contributed by atoms with van der Waals surface area (Å²) in [5.74, 6) is -1.41. The molecule has 21 heavy (non-hydrogen) atoms. The molecule has 1 N–H and O–H groups in total. The van der Waals surface area contributed by atoms with Crippen molar-refractivity contribution in [3.8, 4) is 0 Å². The number of anilines is 1. The Morgan fingerprint density at radius 2 is 2.19 bits per heavy atom. The summed E-state index contributed by atoms with van der Waals surface area (Å²) in [5.41, 5.74) is -0.151. The van der Waals surface area contributed by atoms with Gasteiger partial charge in [-0.1, -0.05) is 16.8 Å². The predicted molar refractivity (Wildman–Crippen MR) is 71.6 cm³/mol. The van der Waals surface area contributed by atoms with Crippen LogP contribution in [0.2, 0.25) is 5.02 Å². The molecule has 1 heterocycles. The average Bonchev–Trinajstić information content (AvgIpc) is 2.84. The maximum Gasteiger partial charge on any atom is 0.340 e. The number of carbonyl (C=O) groups is 2. The number of amides is 1. The van der Waals surface area contributed by atoms with E-state index in [2.05, 4.69) is 10.5 Å². The lowest BCUT2D eigenvalue weighted by Gasteiger charge is -2.06. The molecule has 110 valence electrons. The quantitative estimate of drug-likeness (QED) is 0.877. The molecule has 1 amide bonds. The first-order chi connectivity index (χ1) is 9.95. The van der Waals surface area contributed by atoms with Gasteiger partial charge in [0.25, 0.3) is 5.91 Å². The Hall–Kier alpha value is -2.41. The molecule has 0 aliphatic carbocycles. The summed E-state index contributed by atoms with van der Waals surface area (Å²) in [6.07, 6.45) is 0. The van der Waals surface area contributed by atoms with Gasteiger partial charge in [0, 0.05) is 6.07 Å². The number of hydrogen-bond acceptors (Lipinski definition) is 5. The van der Waals surface area contributed by atoms with E-state index < -0.39 is 24.3 Å². The fourth-order valence-electron chi connectivity index (χ4n) is 1.47. The summed E-state index contributed by atoms with van der Waals surface area (Å²) in [5, 5.41) is 5.95. The number of halogens is 2. The standard InChI is InChI=1S/C13H10ClFN2O4/c1-7-4-11(17-21-7)16-12(18)6-20-13(19)9-5-8(15)2-3-10(9)14/h2-5H,6H2,1H3,(H,16,17,18). The molecule has 2 rings (SSSR count). The fourth-order valence-corrected chi connectivity index (χ4v) is 1.66. The zero-order valence-corrected chi connectivity index (χ0v) is 11.6. The number of nitrogens with one attached hydrogen (secondary N) is 1. The predicted octanol–water partition coefficient (Wildman–Crippen LogP) is 2.57. The highest BCUT2D eigenvalue weighted by molar-refractivity contribution is 6.33. The Kier molecular flexibility index (Phi) is 4.54. The van der Waals surface area contributed by atoms with Crippen LogP contribution in [0.25, 0.3) is 0 Å². The minimum absolute atomic E-state index is 0.0361. The number of nitrogens with zero attached hydrogens (tertiary/aromatic N) is 1. The van der Waals surface area contributed by atoms with Gasteiger partial charge >= 0.3 is 5.97 Å². The van der Waals surface area contributed by atoms with E-state index in [9.17, 15) is 14.0 Å². The van der Waals surface area contributed by atoms with Gasteiger partial charge in [-0.05, 0) is 25.1 Å². The third-order valence-corrected chi connectivity index (χ3v) is 2.71. The maximum atomic E-state index is 13.0. The number of hydrogen-bond donors (Lipinski definition) is 1. The molecule has 0 spiro atoms. The third kappa shape index (κ3) is 4.03. The van der Waals surface area contributed by atoms with Gasteiger partial charge in [0.1, 0.15) is 11.6 Å². The SMILES string of the molecule is Cc1cc(NC(=O)COC(=O)c2cc(F)ccc2Cl)no1. The van der Waals surface area contributed by atoms with Crippen LogP contribution in [0.3, 0.4) is 0 Å². The number of esters is 1. The van der Waals surface area contributed by atoms with Crippen molar-refractivity contribution < 1.29 is 23.2 Å². The van der Waals surface area contributed by atoms with Gasteiger partial charge in [-0.3, -0.25) is 4.79 Å². The van der Waals surface area contributed by atoms with Crippen molar-refractivity contribution >= 4 is 29.3 Å². The van der Waals surface area contributed by atoms with Gasteiger partial charge in [0.15, 0.2) is 12.4 Å². The van der Waals surface area contributed by atoms with E-state index in [4.69, 9.17) is 20.9 Å². The molecular weight excluding hydrogens is 303 g/mol. The van der Waals surface area contributed by atoms with E-state index in [1.807, 2.05) is 0 Å². The summed E-state index contributed by atoms with van der Waals surface area (Å²) in [7, 11) is 0. The van der Waals surface area contributed by atoms with Crippen LogP contribution < -0.4 is 5.32 Å². The van der Waals surface area contributed by atoms with Crippen LogP contribution in [0.15, 0.2) is 28.8 Å². The molecule has 0 saturated carbocycles. The summed E-state index contributed by atoms with van der Waals surface area (Å²) in [4.78, 5) is 23.2. The highest BCUT2D eigenvalue weighted by atomic mass is 35.5. The third-order valence-electron chi connectivity index (χ3n) is 2.38. The van der Waals surface area contributed by atoms with Crippen LogP contribution in [0.4, 0.5) is 10.2 Å². The van der Waals surface area contributed by atoms with Crippen LogP contribution in [-0.4, -0.2) is 23.6 Å². The summed E-state index contributed by atoms with van der Waals surface area (Å²) in [6, 6.07) is 4.77. The maximum absolute atomic E-state index is 13.0. The summed E-state index contributed by atoms with van der Waals surface area (Å²) in [6.45, 7) is 1.10. The summed E-state index contributed by atoms with van der Waals surface area (Å²) >= 11 is 5.75. The van der Waals surface area contributed by atoms with E-state index in [1.165, 1.54) is 12.1 Å². The highest BCUT2D eigenvalue weighted by Gasteiger charge is 2.15. The van der Waals surface area contributed by atoms with Crippen molar-refractivity contribution in [1.82, 2.24) is 5.16 Å². The number of aromatic nitrogens is 1. The monoisotopic (exact) mass is 312 g/mol. The lowest BCUT2D eigenvalue weighted by molar-refractivity contribution is -0.119. The second-order valence-corrected chi connectivity index (χ2v) is 4.48. The van der Waals surface area contributed by atoms with Gasteiger partial charge in [-0.15, -0.1) is 0 Å². The van der Waals surface area contributed by atoms with E-state index in [1.54, 1.807) is 6.92 Å². The van der Waals surface area contributed by atoms with Gasteiger partial charge in [0.05, 0.1) is 10.6 Å². The first-order valence-electron chi connectivity index (χ1n) is 5.81. The van der Waals surface area contributed by atoms with E-state index in [-0.39, 0.29) is 16.4 Å². The Bertz CT molecular complexity index is 687. The van der Waals surface area contributed by atoms with Gasteiger partial charge in [-0.2, -0.15) is 0 Å². The van der Waals surface area contributed by atoms with E-state index in [0.717, 1.165) is 12.1 Å². The van der Waals surface area contributed by atoms with Crippen LogP contribution in [0.1, 0.15) is 16.1 Å². The molecule has 0 unspecified atom stereocenters. The molecule has 0 saturated heterocycles. The zero-order chi connectivity index (χ0) is 15.4. The van der Waals surface area contributed by atoms with Crippen molar-refractivity contribution in [2.75, 3.05) is 11.9 Å². The zero-order valence-electron chi connectivity index (χ0n) is 10.9. The molecule has 0 aliphatic heterocycles. The number of ether oxygens (including phenoxy) is 1. The molecule has 6 nitrogen and oxygen atoms in total. The number of carbonyl (C=O) groups excluding carboxylic acids is 2. The Morgan fingerprint density at radius 1 is 1.43 bits per heavy atom. The number of rotatable bonds is 4. The first kappa shape index (κ1) is 15.0. The largest absolute Gasteiger partial charge is 0.452 e. The molecule has 0 atom stereocenters. The van der Waals surface area contributed by atoms with E-state index in [0.29, 0.717) is 5.76 Å². The molecule has 0 radical (unpaired) electrons. The van der Waals surface area contributed by atoms with Crippen molar-refractivity contribution in [3.63, 3.8) is 0 Å². The molecule has 2 aromatic rings. The van der Waals surface area contributed by atoms with E-state index >= 15 is 0 Å². The van der Waals surface area contributed by atoms with Crippen LogP contribution in [0.5, 0.6) is 0 Å². The molecule has 1 aromatic heterocycles. The normalized spacial score (nSPS) is 10.2. The van der Waals surface area contributed by atoms with Crippen LogP contribution in [-0.2, 0) is 9.53 Å². The Balaban J connectivity index is 1.91. The minimum atomic E-state index is -0.897. The van der Waals surface area contributed by atoms with Crippen molar-refractivity contribution in [2.24, 2.45) is 0 Å². The average molecular weight is 313 g/mol. The lowest BCUT2D eigenvalue weighted by Crippen LogP contribution is -2.21. The smallest absolute Gasteiger partial charge is 0.340 e. The first-order valence-corrected chi connectivity index (χ1v) is 6.19. The lowest BCUT2D eigenvalue weighted by atomic mass is 10.2. The second kappa shape index (κ2) is 6.36. The number of aryl methyl sites for hydroxylation is 1. The van der Waals surface area contributed by atoms with Gasteiger partial charge in [0.2, 0.25) is 0 Å². The second-order valence-electron chi connectivity index (χ2n) is 4.07.